The van der Waals surface area contributed by atoms with Gasteiger partial charge in [-0.2, -0.15) is 0 Å². The zero-order valence-corrected chi connectivity index (χ0v) is 6.01. The Morgan fingerprint density at radius 3 is 3.00 bits per heavy atom. The summed E-state index contributed by atoms with van der Waals surface area (Å²) in [5, 5.41) is 3.02. The van der Waals surface area contributed by atoms with Crippen molar-refractivity contribution in [3.63, 3.8) is 0 Å². The first kappa shape index (κ1) is 10.5. The first-order chi connectivity index (χ1) is 5.72. The average molecular weight is 175 g/mol. The summed E-state index contributed by atoms with van der Waals surface area (Å²) in [5.74, 6) is -1.28. The zero-order valence-electron chi connectivity index (χ0n) is 6.01. The van der Waals surface area contributed by atoms with Crippen LogP contribution < -0.4 is 0 Å². The van der Waals surface area contributed by atoms with Gasteiger partial charge in [0.2, 0.25) is 0 Å². The molecule has 1 unspecified atom stereocenters. The van der Waals surface area contributed by atoms with Crippen molar-refractivity contribution in [2.45, 2.75) is 6.36 Å². The van der Waals surface area contributed by atoms with Crippen LogP contribution >= 0.6 is 0 Å². The molecule has 0 saturated heterocycles. The Bertz CT molecular complexity index is 214. The number of halogens is 1. The highest BCUT2D eigenvalue weighted by Gasteiger charge is 2.15. The number of aldehydes is 1. The molecule has 0 aromatic rings. The van der Waals surface area contributed by atoms with E-state index in [0.717, 1.165) is 0 Å². The van der Waals surface area contributed by atoms with Gasteiger partial charge in [-0.15, -0.1) is 0 Å². The molecule has 0 amide bonds. The highest BCUT2D eigenvalue weighted by atomic mass is 19.1. The smallest absolute Gasteiger partial charge is 0.265 e. The fourth-order valence-electron chi connectivity index (χ4n) is 0.377. The predicted octanol–water partition coefficient (Wildman–Crippen LogP) is 0.377. The van der Waals surface area contributed by atoms with Gasteiger partial charge in [0.25, 0.3) is 12.1 Å². The summed E-state index contributed by atoms with van der Waals surface area (Å²) < 4.78 is 16.5. The second kappa shape index (κ2) is 6.26. The number of ketones is 1. The maximum atomic E-state index is 12.3. The second-order valence-corrected chi connectivity index (χ2v) is 1.66. The van der Waals surface area contributed by atoms with Gasteiger partial charge < -0.3 is 4.74 Å². The number of hydrogen-bond donors (Lipinski definition) is 0. The minimum atomic E-state index is -2.25. The van der Waals surface area contributed by atoms with Crippen LogP contribution in [0, 0.1) is 0 Å². The van der Waals surface area contributed by atoms with E-state index in [0.29, 0.717) is 0 Å². The van der Waals surface area contributed by atoms with Crippen molar-refractivity contribution in [2.75, 3.05) is 13.2 Å². The number of ether oxygens (including phenoxy) is 1. The summed E-state index contributed by atoms with van der Waals surface area (Å²) in [5.41, 5.74) is 7.77. The first-order valence-electron chi connectivity index (χ1n) is 2.98. The summed E-state index contributed by atoms with van der Waals surface area (Å²) >= 11 is 0. The molecule has 6 nitrogen and oxygen atoms in total. The van der Waals surface area contributed by atoms with Crippen LogP contribution in [0.15, 0.2) is 5.11 Å². The van der Waals surface area contributed by atoms with Gasteiger partial charge in [0, 0.05) is 11.5 Å². The first-order valence-corrected chi connectivity index (χ1v) is 2.98. The van der Waals surface area contributed by atoms with Crippen molar-refractivity contribution in [3.05, 3.63) is 10.4 Å². The van der Waals surface area contributed by atoms with E-state index in [1.54, 1.807) is 0 Å². The lowest BCUT2D eigenvalue weighted by molar-refractivity contribution is -0.146. The van der Waals surface area contributed by atoms with E-state index in [1.165, 1.54) is 0 Å². The van der Waals surface area contributed by atoms with Crippen LogP contribution in [0.4, 0.5) is 4.39 Å². The Labute approximate surface area is 66.9 Å². The van der Waals surface area contributed by atoms with E-state index in [1.807, 2.05) is 0 Å². The summed E-state index contributed by atoms with van der Waals surface area (Å²) in [7, 11) is 0. The Hall–Kier alpha value is -1.46. The van der Waals surface area contributed by atoms with E-state index in [4.69, 9.17) is 5.53 Å². The molecule has 0 rings (SSSR count). The van der Waals surface area contributed by atoms with Crippen molar-refractivity contribution < 1.29 is 18.7 Å². The molecule has 66 valence electrons. The van der Waals surface area contributed by atoms with Crippen molar-refractivity contribution >= 4 is 12.1 Å². The summed E-state index contributed by atoms with van der Waals surface area (Å²) in [4.78, 5) is 22.3. The van der Waals surface area contributed by atoms with Crippen LogP contribution in [-0.2, 0) is 14.3 Å². The number of nitrogens with zero attached hydrogens (tertiary/aromatic N) is 3. The lowest BCUT2D eigenvalue weighted by Crippen LogP contribution is -2.21. The minimum absolute atomic E-state index is 0.0803. The van der Waals surface area contributed by atoms with Crippen LogP contribution in [0.5, 0.6) is 0 Å². The Balaban J connectivity index is 3.56. The number of azide groups is 1. The Morgan fingerprint density at radius 1 is 1.83 bits per heavy atom. The van der Waals surface area contributed by atoms with Crippen LogP contribution in [0.1, 0.15) is 0 Å². The van der Waals surface area contributed by atoms with Gasteiger partial charge in [-0.1, -0.05) is 5.11 Å². The molecule has 0 bridgehead atoms. The van der Waals surface area contributed by atoms with Gasteiger partial charge in [0.15, 0.2) is 6.29 Å². The van der Waals surface area contributed by atoms with Gasteiger partial charge in [0.05, 0.1) is 6.61 Å². The largest absolute Gasteiger partial charge is 0.342 e. The zero-order chi connectivity index (χ0) is 9.40. The molecule has 0 aliphatic heterocycles. The van der Waals surface area contributed by atoms with Crippen molar-refractivity contribution in [1.82, 2.24) is 0 Å². The normalized spacial score (nSPS) is 11.4. The van der Waals surface area contributed by atoms with Crippen LogP contribution in [0.25, 0.3) is 10.4 Å². The summed E-state index contributed by atoms with van der Waals surface area (Å²) in [6, 6.07) is 0. The molecule has 0 aliphatic carbocycles. The lowest BCUT2D eigenvalue weighted by atomic mass is 10.4. The molecule has 0 radical (unpaired) electrons. The summed E-state index contributed by atoms with van der Waals surface area (Å²) in [6.07, 6.45) is -2.42. The van der Waals surface area contributed by atoms with Crippen molar-refractivity contribution in [2.24, 2.45) is 5.11 Å². The van der Waals surface area contributed by atoms with Gasteiger partial charge >= 0.3 is 0 Å². The van der Waals surface area contributed by atoms with E-state index in [9.17, 15) is 14.0 Å². The van der Waals surface area contributed by atoms with Gasteiger partial charge in [0.1, 0.15) is 0 Å². The Morgan fingerprint density at radius 2 is 2.50 bits per heavy atom. The molecular weight excluding hydrogens is 169 g/mol. The maximum Gasteiger partial charge on any atom is 0.265 e. The van der Waals surface area contributed by atoms with Gasteiger partial charge in [-0.25, -0.2) is 4.39 Å². The third-order valence-electron chi connectivity index (χ3n) is 0.859. The topological polar surface area (TPSA) is 92.1 Å². The Kier molecular flexibility index (Phi) is 5.50. The SMILES string of the molecule is [N-]=[N+]=NCCOC(F)C(=O)C=O. The highest BCUT2D eigenvalue weighted by Crippen LogP contribution is 1.93. The van der Waals surface area contributed by atoms with Crippen molar-refractivity contribution in [1.29, 1.82) is 0 Å². The second-order valence-electron chi connectivity index (χ2n) is 1.66. The third-order valence-corrected chi connectivity index (χ3v) is 0.859. The molecule has 0 fully saturated rings. The molecule has 0 aromatic carbocycles. The lowest BCUT2D eigenvalue weighted by Gasteiger charge is -2.02. The van der Waals surface area contributed by atoms with Crippen LogP contribution in [0.3, 0.4) is 0 Å². The standard InChI is InChI=1S/C5H6FN3O3/c6-5(4(11)3-10)12-2-1-8-9-7/h3,5H,1-2H2. The van der Waals surface area contributed by atoms with E-state index < -0.39 is 12.1 Å². The van der Waals surface area contributed by atoms with Gasteiger partial charge in [-0.3, -0.25) is 9.59 Å². The molecular formula is C5H6FN3O3. The third kappa shape index (κ3) is 4.37. The average Bonchev–Trinajstić information content (AvgIpc) is 2.10. The fourth-order valence-corrected chi connectivity index (χ4v) is 0.377. The molecule has 0 N–H and O–H groups in total. The van der Waals surface area contributed by atoms with Crippen molar-refractivity contribution in [3.8, 4) is 0 Å². The molecule has 7 heteroatoms. The number of rotatable bonds is 6. The predicted molar refractivity (Wildman–Crippen MR) is 35.9 cm³/mol. The number of carbonyl (C=O) groups is 2. The van der Waals surface area contributed by atoms with Gasteiger partial charge in [-0.05, 0) is 5.53 Å². The van der Waals surface area contributed by atoms with E-state index >= 15 is 0 Å². The molecule has 0 aliphatic rings. The van der Waals surface area contributed by atoms with Crippen LogP contribution in [-0.4, -0.2) is 31.6 Å². The quantitative estimate of drug-likeness (QED) is 0.146. The fraction of sp³-hybridized carbons (Fsp3) is 0.600. The summed E-state index contributed by atoms with van der Waals surface area (Å²) in [6.45, 7) is -0.312. The molecule has 0 saturated carbocycles. The number of alkyl halides is 1. The number of hydrogen-bond acceptors (Lipinski definition) is 4. The number of Topliss-reactive ketones (excluding diaryl/α,β-unsaturated/α-hetero) is 1. The molecule has 0 spiro atoms. The maximum absolute atomic E-state index is 12.3. The number of carbonyl (C=O) groups excluding carboxylic acids is 2. The van der Waals surface area contributed by atoms with E-state index in [2.05, 4.69) is 14.8 Å². The molecule has 12 heavy (non-hydrogen) atoms. The molecule has 0 aromatic heterocycles. The van der Waals surface area contributed by atoms with Crippen LogP contribution in [0.2, 0.25) is 0 Å². The molecule has 1 atom stereocenters. The van der Waals surface area contributed by atoms with E-state index in [-0.39, 0.29) is 19.4 Å². The monoisotopic (exact) mass is 175 g/mol. The highest BCUT2D eigenvalue weighted by molar-refractivity contribution is 6.26. The minimum Gasteiger partial charge on any atom is -0.342 e. The molecule has 0 heterocycles.